The van der Waals surface area contributed by atoms with Gasteiger partial charge in [0, 0.05) is 57.2 Å². The Labute approximate surface area is 216 Å². The Morgan fingerprint density at radius 3 is 2.72 bits per heavy atom. The summed E-state index contributed by atoms with van der Waals surface area (Å²) >= 11 is 6.42. The van der Waals surface area contributed by atoms with E-state index in [2.05, 4.69) is 26.6 Å². The quantitative estimate of drug-likeness (QED) is 0.464. The molecule has 4 heterocycles. The summed E-state index contributed by atoms with van der Waals surface area (Å²) in [7, 11) is 1.73. The van der Waals surface area contributed by atoms with E-state index in [9.17, 15) is 4.39 Å². The molecule has 0 bridgehead atoms. The first-order valence-corrected chi connectivity index (χ1v) is 12.9. The molecule has 0 N–H and O–H groups in total. The first kappa shape index (κ1) is 24.7. The summed E-state index contributed by atoms with van der Waals surface area (Å²) in [5.41, 5.74) is 2.28. The molecule has 0 amide bonds. The molecule has 0 unspecified atom stereocenters. The summed E-state index contributed by atoms with van der Waals surface area (Å²) in [6.07, 6.45) is 3.90. The average Bonchev–Trinajstić information content (AvgIpc) is 3.34. The largest absolute Gasteiger partial charge is 0.383 e. The summed E-state index contributed by atoms with van der Waals surface area (Å²) in [4.78, 5) is 21.3. The number of halogens is 2. The number of aromatic nitrogens is 3. The fraction of sp³-hybridized carbons (Fsp3) is 0.444. The minimum Gasteiger partial charge on any atom is -0.383 e. The van der Waals surface area contributed by atoms with Gasteiger partial charge in [-0.15, -0.1) is 0 Å². The van der Waals surface area contributed by atoms with E-state index in [-0.39, 0.29) is 17.9 Å². The molecular formula is C27H32ClFN6O. The number of benzene rings is 1. The molecule has 0 radical (unpaired) electrons. The van der Waals surface area contributed by atoms with E-state index in [4.69, 9.17) is 26.3 Å². The van der Waals surface area contributed by atoms with Gasteiger partial charge in [-0.2, -0.15) is 4.98 Å². The van der Waals surface area contributed by atoms with E-state index in [1.54, 1.807) is 26.3 Å². The molecule has 9 heteroatoms. The van der Waals surface area contributed by atoms with Crippen molar-refractivity contribution < 1.29 is 9.13 Å². The SMILES string of the molecule is COC[C@H]1CCCN1c1nc(-c2ccc(F)c(C)c2)cc(N2CCN(c3ncccc3Cl)C[C@H]2C)n1. The highest BCUT2D eigenvalue weighted by molar-refractivity contribution is 6.32. The van der Waals surface area contributed by atoms with Crippen molar-refractivity contribution in [3.63, 3.8) is 0 Å². The number of ether oxygens (including phenoxy) is 1. The van der Waals surface area contributed by atoms with E-state index in [0.29, 0.717) is 23.1 Å². The van der Waals surface area contributed by atoms with Gasteiger partial charge in [0.1, 0.15) is 17.5 Å². The highest BCUT2D eigenvalue weighted by Gasteiger charge is 2.30. The molecule has 2 aliphatic rings. The molecule has 0 saturated carbocycles. The molecule has 7 nitrogen and oxygen atoms in total. The van der Waals surface area contributed by atoms with Gasteiger partial charge in [0.2, 0.25) is 5.95 Å². The van der Waals surface area contributed by atoms with Crippen LogP contribution in [0.15, 0.2) is 42.6 Å². The highest BCUT2D eigenvalue weighted by atomic mass is 35.5. The van der Waals surface area contributed by atoms with Crippen LogP contribution in [-0.2, 0) is 4.74 Å². The van der Waals surface area contributed by atoms with Crippen LogP contribution in [0, 0.1) is 12.7 Å². The third-order valence-corrected chi connectivity index (χ3v) is 7.40. The van der Waals surface area contributed by atoms with Gasteiger partial charge in [0.25, 0.3) is 0 Å². The van der Waals surface area contributed by atoms with Gasteiger partial charge in [-0.3, -0.25) is 0 Å². The maximum atomic E-state index is 14.0. The van der Waals surface area contributed by atoms with Crippen molar-refractivity contribution in [1.29, 1.82) is 0 Å². The molecule has 190 valence electrons. The molecule has 2 atom stereocenters. The fourth-order valence-corrected chi connectivity index (χ4v) is 5.46. The van der Waals surface area contributed by atoms with E-state index in [1.165, 1.54) is 6.07 Å². The zero-order valence-electron chi connectivity index (χ0n) is 21.0. The Morgan fingerprint density at radius 2 is 1.97 bits per heavy atom. The van der Waals surface area contributed by atoms with Crippen molar-refractivity contribution in [1.82, 2.24) is 15.0 Å². The zero-order chi connectivity index (χ0) is 25.2. The monoisotopic (exact) mass is 510 g/mol. The summed E-state index contributed by atoms with van der Waals surface area (Å²) in [5, 5.41) is 0.662. The van der Waals surface area contributed by atoms with Crippen LogP contribution in [0.2, 0.25) is 5.02 Å². The Hall–Kier alpha value is -2.97. The smallest absolute Gasteiger partial charge is 0.228 e. The van der Waals surface area contributed by atoms with Crippen LogP contribution in [0.5, 0.6) is 0 Å². The first-order chi connectivity index (χ1) is 17.4. The Kier molecular flexibility index (Phi) is 7.25. The van der Waals surface area contributed by atoms with Crippen LogP contribution in [0.4, 0.5) is 22.0 Å². The van der Waals surface area contributed by atoms with Gasteiger partial charge in [-0.1, -0.05) is 11.6 Å². The standard InChI is InChI=1S/C27H32ClFN6O/c1-18-14-20(8-9-23(18)29)24-15-25(32-27(31-24)35-11-5-6-21(35)17-36-3)34-13-12-33(16-19(34)2)26-22(28)7-4-10-30-26/h4,7-10,14-15,19,21H,5-6,11-13,16-17H2,1-3H3/t19-,21-/m1/s1. The maximum Gasteiger partial charge on any atom is 0.228 e. The number of hydrogen-bond donors (Lipinski definition) is 0. The van der Waals surface area contributed by atoms with Crippen LogP contribution in [0.3, 0.4) is 0 Å². The second-order valence-corrected chi connectivity index (χ2v) is 10.0. The number of nitrogens with zero attached hydrogens (tertiary/aromatic N) is 6. The lowest BCUT2D eigenvalue weighted by atomic mass is 10.1. The van der Waals surface area contributed by atoms with E-state index in [1.807, 2.05) is 24.3 Å². The van der Waals surface area contributed by atoms with Crippen molar-refractivity contribution >= 4 is 29.2 Å². The molecule has 2 aromatic heterocycles. The number of hydrogen-bond acceptors (Lipinski definition) is 7. The minimum absolute atomic E-state index is 0.177. The lowest BCUT2D eigenvalue weighted by molar-refractivity contribution is 0.180. The number of anilines is 3. The molecule has 2 fully saturated rings. The molecule has 0 spiro atoms. The van der Waals surface area contributed by atoms with Crippen molar-refractivity contribution in [3.05, 3.63) is 59.0 Å². The van der Waals surface area contributed by atoms with Crippen LogP contribution in [0.25, 0.3) is 11.3 Å². The van der Waals surface area contributed by atoms with Crippen molar-refractivity contribution in [2.75, 3.05) is 54.6 Å². The summed E-state index contributed by atoms with van der Waals surface area (Å²) in [6, 6.07) is 11.3. The molecule has 5 rings (SSSR count). The second kappa shape index (κ2) is 10.6. The molecule has 0 aliphatic carbocycles. The highest BCUT2D eigenvalue weighted by Crippen LogP contribution is 2.32. The van der Waals surface area contributed by atoms with Crippen molar-refractivity contribution in [2.45, 2.75) is 38.8 Å². The minimum atomic E-state index is -0.217. The lowest BCUT2D eigenvalue weighted by Gasteiger charge is -2.41. The first-order valence-electron chi connectivity index (χ1n) is 12.5. The van der Waals surface area contributed by atoms with Crippen LogP contribution < -0.4 is 14.7 Å². The predicted molar refractivity (Wildman–Crippen MR) is 143 cm³/mol. The topological polar surface area (TPSA) is 57.6 Å². The number of methoxy groups -OCH3 is 1. The predicted octanol–water partition coefficient (Wildman–Crippen LogP) is 4.97. The van der Waals surface area contributed by atoms with Gasteiger partial charge in [0.15, 0.2) is 0 Å². The van der Waals surface area contributed by atoms with Crippen LogP contribution >= 0.6 is 11.6 Å². The number of rotatable bonds is 6. The second-order valence-electron chi connectivity index (χ2n) is 9.62. The Morgan fingerprint density at radius 1 is 1.11 bits per heavy atom. The molecular weight excluding hydrogens is 479 g/mol. The van der Waals surface area contributed by atoms with Crippen molar-refractivity contribution in [2.24, 2.45) is 0 Å². The van der Waals surface area contributed by atoms with E-state index >= 15 is 0 Å². The summed E-state index contributed by atoms with van der Waals surface area (Å²) in [6.45, 7) is 7.82. The Bertz CT molecular complexity index is 1230. The normalized spacial score (nSPS) is 20.3. The fourth-order valence-electron chi connectivity index (χ4n) is 5.21. The average molecular weight is 511 g/mol. The Balaban J connectivity index is 1.49. The number of piperazine rings is 1. The molecule has 1 aromatic carbocycles. The summed E-state index contributed by atoms with van der Waals surface area (Å²) < 4.78 is 19.5. The molecule has 2 saturated heterocycles. The van der Waals surface area contributed by atoms with Gasteiger partial charge in [-0.25, -0.2) is 14.4 Å². The number of pyridine rings is 1. The molecule has 3 aromatic rings. The third-order valence-electron chi connectivity index (χ3n) is 7.11. The van der Waals surface area contributed by atoms with Gasteiger partial charge in [-0.05, 0) is 62.6 Å². The lowest BCUT2D eigenvalue weighted by Crippen LogP contribution is -2.52. The molecule has 2 aliphatic heterocycles. The maximum absolute atomic E-state index is 14.0. The molecule has 36 heavy (non-hydrogen) atoms. The van der Waals surface area contributed by atoms with Gasteiger partial charge >= 0.3 is 0 Å². The van der Waals surface area contributed by atoms with E-state index < -0.39 is 0 Å². The summed E-state index contributed by atoms with van der Waals surface area (Å²) in [5.74, 6) is 2.17. The van der Waals surface area contributed by atoms with Crippen LogP contribution in [0.1, 0.15) is 25.3 Å². The van der Waals surface area contributed by atoms with Crippen molar-refractivity contribution in [3.8, 4) is 11.3 Å². The van der Waals surface area contributed by atoms with Crippen LogP contribution in [-0.4, -0.2) is 66.9 Å². The zero-order valence-corrected chi connectivity index (χ0v) is 21.7. The van der Waals surface area contributed by atoms with E-state index in [0.717, 1.165) is 61.9 Å². The van der Waals surface area contributed by atoms with Gasteiger partial charge < -0.3 is 19.4 Å². The number of aryl methyl sites for hydroxylation is 1. The third kappa shape index (κ3) is 4.97. The van der Waals surface area contributed by atoms with Gasteiger partial charge in [0.05, 0.1) is 23.4 Å².